The van der Waals surface area contributed by atoms with Crippen LogP contribution in [0.5, 0.6) is 0 Å². The quantitative estimate of drug-likeness (QED) is 0.808. The first-order valence-electron chi connectivity index (χ1n) is 9.12. The minimum absolute atomic E-state index is 0.113. The number of nitrogens with one attached hydrogen (secondary N) is 2. The molecular formula is C19H23N3O3S. The molecule has 0 unspecified atom stereocenters. The summed E-state index contributed by atoms with van der Waals surface area (Å²) < 4.78 is 7.57. The number of carbonyl (C=O) groups excluding carboxylic acids is 1. The molecule has 26 heavy (non-hydrogen) atoms. The molecule has 1 spiro atoms. The zero-order valence-corrected chi connectivity index (χ0v) is 15.8. The Labute approximate surface area is 156 Å². The van der Waals surface area contributed by atoms with Gasteiger partial charge in [0.25, 0.3) is 11.5 Å². The molecule has 6 nitrogen and oxygen atoms in total. The molecule has 0 radical (unpaired) electrons. The average molecular weight is 373 g/mol. The SMILES string of the molecule is CCO[C@H]1C[C@@H](NC(=O)c2ccc3c(=O)n(C)c(=S)[nH]c3c2)C12CCC2. The van der Waals surface area contributed by atoms with Gasteiger partial charge in [-0.05, 0) is 56.6 Å². The van der Waals surface area contributed by atoms with Crippen LogP contribution in [-0.2, 0) is 11.8 Å². The number of nitrogens with zero attached hydrogens (tertiary/aromatic N) is 1. The summed E-state index contributed by atoms with van der Waals surface area (Å²) in [5.41, 5.74) is 1.08. The van der Waals surface area contributed by atoms with Gasteiger partial charge in [-0.15, -0.1) is 0 Å². The van der Waals surface area contributed by atoms with Gasteiger partial charge >= 0.3 is 0 Å². The van der Waals surface area contributed by atoms with Crippen LogP contribution >= 0.6 is 12.2 Å². The van der Waals surface area contributed by atoms with Crippen LogP contribution in [0.15, 0.2) is 23.0 Å². The van der Waals surface area contributed by atoms with Crippen LogP contribution in [0.4, 0.5) is 0 Å². The highest BCUT2D eigenvalue weighted by molar-refractivity contribution is 7.71. The van der Waals surface area contributed by atoms with Crippen molar-refractivity contribution in [1.29, 1.82) is 0 Å². The molecule has 7 heteroatoms. The van der Waals surface area contributed by atoms with E-state index in [2.05, 4.69) is 10.3 Å². The Hall–Kier alpha value is -1.99. The third-order valence-corrected chi connectivity index (χ3v) is 6.48. The number of rotatable bonds is 4. The maximum Gasteiger partial charge on any atom is 0.261 e. The molecule has 0 aliphatic heterocycles. The Morgan fingerprint density at radius 2 is 2.23 bits per heavy atom. The van der Waals surface area contributed by atoms with Crippen LogP contribution in [0.2, 0.25) is 0 Å². The van der Waals surface area contributed by atoms with Crippen molar-refractivity contribution < 1.29 is 9.53 Å². The van der Waals surface area contributed by atoms with E-state index in [0.29, 0.717) is 27.8 Å². The molecule has 1 amide bonds. The number of aromatic amines is 1. The first-order valence-corrected chi connectivity index (χ1v) is 9.52. The molecule has 0 bridgehead atoms. The van der Waals surface area contributed by atoms with E-state index < -0.39 is 0 Å². The van der Waals surface area contributed by atoms with Gasteiger partial charge in [0.05, 0.1) is 17.0 Å². The van der Waals surface area contributed by atoms with Gasteiger partial charge in [0.15, 0.2) is 4.77 Å². The van der Waals surface area contributed by atoms with E-state index in [-0.39, 0.29) is 29.0 Å². The van der Waals surface area contributed by atoms with Gasteiger partial charge in [0.2, 0.25) is 0 Å². The van der Waals surface area contributed by atoms with Crippen molar-refractivity contribution in [2.24, 2.45) is 12.5 Å². The monoisotopic (exact) mass is 373 g/mol. The van der Waals surface area contributed by atoms with Crippen molar-refractivity contribution in [1.82, 2.24) is 14.9 Å². The van der Waals surface area contributed by atoms with Crippen LogP contribution in [-0.4, -0.2) is 34.2 Å². The number of H-pyrrole nitrogens is 1. The normalized spacial score (nSPS) is 23.5. The zero-order valence-electron chi connectivity index (χ0n) is 15.0. The van der Waals surface area contributed by atoms with Crippen LogP contribution in [0.3, 0.4) is 0 Å². The number of hydrogen-bond donors (Lipinski definition) is 2. The van der Waals surface area contributed by atoms with Crippen molar-refractivity contribution in [2.45, 2.75) is 44.8 Å². The second kappa shape index (κ2) is 6.32. The second-order valence-corrected chi connectivity index (χ2v) is 7.73. The molecule has 138 valence electrons. The number of hydrogen-bond acceptors (Lipinski definition) is 4. The van der Waals surface area contributed by atoms with E-state index in [1.165, 1.54) is 11.0 Å². The first-order chi connectivity index (χ1) is 12.5. The third kappa shape index (κ3) is 2.53. The standard InChI is InChI=1S/C19H23N3O3S/c1-3-25-15-10-14(19(15)7-4-8-19)21-16(23)11-5-6-12-13(9-11)20-18(26)22(2)17(12)24/h5-6,9,14-15H,3-4,7-8,10H2,1-2H3,(H,20,26)(H,21,23)/t14-,15+/m1/s1. The third-order valence-electron chi connectivity index (χ3n) is 6.11. The van der Waals surface area contributed by atoms with Crippen molar-refractivity contribution in [3.05, 3.63) is 38.9 Å². The largest absolute Gasteiger partial charge is 0.378 e. The van der Waals surface area contributed by atoms with E-state index in [9.17, 15) is 9.59 Å². The molecule has 2 fully saturated rings. The van der Waals surface area contributed by atoms with Gasteiger partial charge in [0.1, 0.15) is 0 Å². The minimum atomic E-state index is -0.164. The highest BCUT2D eigenvalue weighted by Crippen LogP contribution is 2.57. The van der Waals surface area contributed by atoms with Gasteiger partial charge in [0, 0.05) is 30.7 Å². The molecule has 2 aromatic rings. The first kappa shape index (κ1) is 17.4. The Bertz CT molecular complexity index is 990. The molecule has 2 atom stereocenters. The van der Waals surface area contributed by atoms with E-state index in [0.717, 1.165) is 19.3 Å². The predicted octanol–water partition coefficient (Wildman–Crippen LogP) is 2.67. The number of amides is 1. The summed E-state index contributed by atoms with van der Waals surface area (Å²) in [5, 5.41) is 3.70. The highest BCUT2D eigenvalue weighted by atomic mass is 32.1. The Kier molecular flexibility index (Phi) is 4.23. The fourth-order valence-electron chi connectivity index (χ4n) is 4.33. The van der Waals surface area contributed by atoms with E-state index in [4.69, 9.17) is 17.0 Å². The summed E-state index contributed by atoms with van der Waals surface area (Å²) in [6, 6.07) is 5.25. The molecule has 2 saturated carbocycles. The molecule has 4 rings (SSSR count). The van der Waals surface area contributed by atoms with Crippen molar-refractivity contribution in [2.75, 3.05) is 6.61 Å². The maximum absolute atomic E-state index is 12.7. The lowest BCUT2D eigenvalue weighted by Crippen LogP contribution is -2.67. The van der Waals surface area contributed by atoms with Gasteiger partial charge in [-0.3, -0.25) is 14.2 Å². The Morgan fingerprint density at radius 3 is 2.88 bits per heavy atom. The van der Waals surface area contributed by atoms with Gasteiger partial charge in [-0.2, -0.15) is 0 Å². The summed E-state index contributed by atoms with van der Waals surface area (Å²) in [7, 11) is 1.63. The lowest BCUT2D eigenvalue weighted by molar-refractivity contribution is -0.169. The lowest BCUT2D eigenvalue weighted by Gasteiger charge is -2.61. The summed E-state index contributed by atoms with van der Waals surface area (Å²) >= 11 is 5.16. The fourth-order valence-corrected chi connectivity index (χ4v) is 4.52. The number of fused-ring (bicyclic) bond motifs is 1. The maximum atomic E-state index is 12.7. The molecule has 1 aromatic carbocycles. The predicted molar refractivity (Wildman–Crippen MR) is 102 cm³/mol. The number of carbonyl (C=O) groups is 1. The molecule has 1 aromatic heterocycles. The zero-order chi connectivity index (χ0) is 18.5. The van der Waals surface area contributed by atoms with Crippen LogP contribution in [0.1, 0.15) is 43.0 Å². The minimum Gasteiger partial charge on any atom is -0.378 e. The van der Waals surface area contributed by atoms with E-state index in [1.54, 1.807) is 25.2 Å². The van der Waals surface area contributed by atoms with E-state index >= 15 is 0 Å². The van der Waals surface area contributed by atoms with E-state index in [1.807, 2.05) is 6.92 Å². The van der Waals surface area contributed by atoms with Gasteiger partial charge in [-0.1, -0.05) is 6.42 Å². The number of ether oxygens (including phenoxy) is 1. The van der Waals surface area contributed by atoms with Crippen LogP contribution in [0.25, 0.3) is 10.9 Å². The summed E-state index contributed by atoms with van der Waals surface area (Å²) in [5.74, 6) is -0.113. The summed E-state index contributed by atoms with van der Waals surface area (Å²) in [4.78, 5) is 28.0. The van der Waals surface area contributed by atoms with Crippen LogP contribution in [0, 0.1) is 10.2 Å². The Morgan fingerprint density at radius 1 is 1.46 bits per heavy atom. The topological polar surface area (TPSA) is 76.1 Å². The molecule has 2 aliphatic rings. The summed E-state index contributed by atoms with van der Waals surface area (Å²) in [6.07, 6.45) is 4.57. The fraction of sp³-hybridized carbons (Fsp3) is 0.526. The Balaban J connectivity index is 1.57. The number of benzene rings is 1. The molecule has 2 N–H and O–H groups in total. The molecule has 0 saturated heterocycles. The average Bonchev–Trinajstić information content (AvgIpc) is 2.56. The van der Waals surface area contributed by atoms with Gasteiger partial charge in [-0.25, -0.2) is 0 Å². The molecule has 1 heterocycles. The highest BCUT2D eigenvalue weighted by Gasteiger charge is 2.59. The van der Waals surface area contributed by atoms with Crippen molar-refractivity contribution >= 4 is 29.0 Å². The van der Waals surface area contributed by atoms with Crippen molar-refractivity contribution in [3.63, 3.8) is 0 Å². The molecule has 2 aliphatic carbocycles. The van der Waals surface area contributed by atoms with Crippen molar-refractivity contribution in [3.8, 4) is 0 Å². The summed E-state index contributed by atoms with van der Waals surface area (Å²) in [6.45, 7) is 2.73. The van der Waals surface area contributed by atoms with Crippen LogP contribution < -0.4 is 10.9 Å². The van der Waals surface area contributed by atoms with Gasteiger partial charge < -0.3 is 15.0 Å². The number of aromatic nitrogens is 2. The smallest absolute Gasteiger partial charge is 0.261 e. The lowest BCUT2D eigenvalue weighted by atomic mass is 9.51. The molecular weight excluding hydrogens is 350 g/mol. The second-order valence-electron chi connectivity index (χ2n) is 7.35.